The lowest BCUT2D eigenvalue weighted by Crippen LogP contribution is -1.82. The Kier molecular flexibility index (Phi) is 2.69. The molecule has 0 radical (unpaired) electrons. The highest BCUT2D eigenvalue weighted by molar-refractivity contribution is 7.14. The van der Waals surface area contributed by atoms with E-state index in [0.717, 1.165) is 21.9 Å². The van der Waals surface area contributed by atoms with E-state index in [1.807, 2.05) is 6.92 Å². The summed E-state index contributed by atoms with van der Waals surface area (Å²) >= 11 is 7.18. The number of hydrogen-bond acceptors (Lipinski definition) is 1. The van der Waals surface area contributed by atoms with Crippen molar-refractivity contribution in [1.29, 1.82) is 0 Å². The SMILES string of the molecule is CCc1c(CF)csc1Cl. The van der Waals surface area contributed by atoms with Gasteiger partial charge in [0.15, 0.2) is 0 Å². The Morgan fingerprint density at radius 1 is 1.70 bits per heavy atom. The number of hydrogen-bond donors (Lipinski definition) is 0. The van der Waals surface area contributed by atoms with Crippen LogP contribution in [0.5, 0.6) is 0 Å². The second-order valence-electron chi connectivity index (χ2n) is 2.00. The summed E-state index contributed by atoms with van der Waals surface area (Å²) < 4.78 is 12.9. The van der Waals surface area contributed by atoms with Crippen molar-refractivity contribution in [3.05, 3.63) is 20.8 Å². The lowest BCUT2D eigenvalue weighted by Gasteiger charge is -1.94. The summed E-state index contributed by atoms with van der Waals surface area (Å²) in [6.45, 7) is 1.58. The lowest BCUT2D eigenvalue weighted by molar-refractivity contribution is 0.484. The van der Waals surface area contributed by atoms with E-state index < -0.39 is 6.67 Å². The van der Waals surface area contributed by atoms with Crippen molar-refractivity contribution in [1.82, 2.24) is 0 Å². The zero-order valence-electron chi connectivity index (χ0n) is 5.66. The van der Waals surface area contributed by atoms with Crippen molar-refractivity contribution in [3.8, 4) is 0 Å². The van der Waals surface area contributed by atoms with Crippen LogP contribution in [-0.2, 0) is 13.1 Å². The quantitative estimate of drug-likeness (QED) is 0.651. The van der Waals surface area contributed by atoms with Crippen molar-refractivity contribution in [2.24, 2.45) is 0 Å². The first kappa shape index (κ1) is 8.02. The lowest BCUT2D eigenvalue weighted by atomic mass is 10.2. The fourth-order valence-corrected chi connectivity index (χ4v) is 2.13. The third kappa shape index (κ3) is 1.32. The topological polar surface area (TPSA) is 0 Å². The second kappa shape index (κ2) is 3.35. The summed E-state index contributed by atoms with van der Waals surface area (Å²) in [6.07, 6.45) is 0.821. The summed E-state index contributed by atoms with van der Waals surface area (Å²) in [4.78, 5) is 0. The predicted molar refractivity (Wildman–Crippen MR) is 43.5 cm³/mol. The first-order valence-electron chi connectivity index (χ1n) is 3.10. The molecule has 0 saturated carbocycles. The molecule has 0 aliphatic rings. The molecule has 0 N–H and O–H groups in total. The molecule has 0 aliphatic carbocycles. The van der Waals surface area contributed by atoms with Gasteiger partial charge in [-0.1, -0.05) is 18.5 Å². The highest BCUT2D eigenvalue weighted by atomic mass is 35.5. The summed E-state index contributed by atoms with van der Waals surface area (Å²) in [7, 11) is 0. The average molecular weight is 179 g/mol. The van der Waals surface area contributed by atoms with Gasteiger partial charge >= 0.3 is 0 Å². The highest BCUT2D eigenvalue weighted by Gasteiger charge is 2.06. The summed E-state index contributed by atoms with van der Waals surface area (Å²) in [5, 5.41) is 1.78. The van der Waals surface area contributed by atoms with Gasteiger partial charge in [-0.15, -0.1) is 11.3 Å². The molecule has 0 bridgehead atoms. The molecule has 1 aromatic rings. The van der Waals surface area contributed by atoms with E-state index in [2.05, 4.69) is 0 Å². The van der Waals surface area contributed by atoms with Crippen molar-refractivity contribution in [2.75, 3.05) is 0 Å². The molecule has 0 nitrogen and oxygen atoms in total. The van der Waals surface area contributed by atoms with Crippen molar-refractivity contribution >= 4 is 22.9 Å². The van der Waals surface area contributed by atoms with Gasteiger partial charge in [-0.25, -0.2) is 4.39 Å². The van der Waals surface area contributed by atoms with Gasteiger partial charge in [-0.2, -0.15) is 0 Å². The van der Waals surface area contributed by atoms with Gasteiger partial charge in [0.2, 0.25) is 0 Å². The Morgan fingerprint density at radius 2 is 2.40 bits per heavy atom. The molecule has 0 aliphatic heterocycles. The van der Waals surface area contributed by atoms with Crippen LogP contribution in [-0.4, -0.2) is 0 Å². The molecule has 10 heavy (non-hydrogen) atoms. The highest BCUT2D eigenvalue weighted by Crippen LogP contribution is 2.28. The normalized spacial score (nSPS) is 10.3. The van der Waals surface area contributed by atoms with E-state index in [9.17, 15) is 4.39 Å². The van der Waals surface area contributed by atoms with Gasteiger partial charge in [0.1, 0.15) is 6.67 Å². The van der Waals surface area contributed by atoms with Crippen LogP contribution in [0, 0.1) is 0 Å². The number of rotatable bonds is 2. The van der Waals surface area contributed by atoms with Gasteiger partial charge in [-0.3, -0.25) is 0 Å². The molecule has 0 aromatic carbocycles. The van der Waals surface area contributed by atoms with E-state index in [-0.39, 0.29) is 0 Å². The van der Waals surface area contributed by atoms with Gasteiger partial charge < -0.3 is 0 Å². The molecule has 1 aromatic heterocycles. The molecule has 1 rings (SSSR count). The minimum atomic E-state index is -0.396. The molecule has 0 saturated heterocycles. The Balaban J connectivity index is 3.01. The maximum Gasteiger partial charge on any atom is 0.116 e. The fraction of sp³-hybridized carbons (Fsp3) is 0.429. The standard InChI is InChI=1S/C7H8ClFS/c1-2-6-5(3-9)4-10-7(6)8/h4H,2-3H2,1H3. The average Bonchev–Trinajstić information content (AvgIpc) is 2.30. The maximum atomic E-state index is 12.1. The molecule has 0 fully saturated rings. The number of halogens is 2. The minimum absolute atomic E-state index is 0.396. The zero-order valence-corrected chi connectivity index (χ0v) is 7.23. The summed E-state index contributed by atoms with van der Waals surface area (Å²) in [5.41, 5.74) is 1.71. The van der Waals surface area contributed by atoms with E-state index >= 15 is 0 Å². The van der Waals surface area contributed by atoms with Crippen LogP contribution in [0.1, 0.15) is 18.1 Å². The Hall–Kier alpha value is -0.0800. The van der Waals surface area contributed by atoms with Crippen molar-refractivity contribution < 1.29 is 4.39 Å². The van der Waals surface area contributed by atoms with Crippen LogP contribution in [0.3, 0.4) is 0 Å². The van der Waals surface area contributed by atoms with Crippen LogP contribution < -0.4 is 0 Å². The van der Waals surface area contributed by atoms with Crippen LogP contribution in [0.25, 0.3) is 0 Å². The first-order valence-corrected chi connectivity index (χ1v) is 4.36. The smallest absolute Gasteiger partial charge is 0.116 e. The molecule has 0 atom stereocenters. The molecule has 3 heteroatoms. The van der Waals surface area contributed by atoms with Gasteiger partial charge in [0.25, 0.3) is 0 Å². The minimum Gasteiger partial charge on any atom is -0.246 e. The van der Waals surface area contributed by atoms with Crippen LogP contribution >= 0.6 is 22.9 Å². The van der Waals surface area contributed by atoms with Gasteiger partial charge in [0, 0.05) is 0 Å². The molecule has 0 spiro atoms. The fourth-order valence-electron chi connectivity index (χ4n) is 0.870. The molecular formula is C7H8ClFS. The third-order valence-electron chi connectivity index (χ3n) is 1.43. The molecular weight excluding hydrogens is 171 g/mol. The number of thiophene rings is 1. The van der Waals surface area contributed by atoms with Gasteiger partial charge in [0.05, 0.1) is 4.34 Å². The van der Waals surface area contributed by atoms with Gasteiger partial charge in [-0.05, 0) is 22.9 Å². The van der Waals surface area contributed by atoms with Crippen LogP contribution in [0.4, 0.5) is 4.39 Å². The molecule has 1 heterocycles. The Labute approximate surface area is 68.6 Å². The first-order chi connectivity index (χ1) is 4.79. The monoisotopic (exact) mass is 178 g/mol. The van der Waals surface area contributed by atoms with Crippen LogP contribution in [0.15, 0.2) is 5.38 Å². The second-order valence-corrected chi connectivity index (χ2v) is 3.48. The summed E-state index contributed by atoms with van der Waals surface area (Å²) in [6, 6.07) is 0. The molecule has 0 amide bonds. The molecule has 0 unspecified atom stereocenters. The van der Waals surface area contributed by atoms with E-state index in [1.165, 1.54) is 11.3 Å². The van der Waals surface area contributed by atoms with Crippen LogP contribution in [0.2, 0.25) is 4.34 Å². The van der Waals surface area contributed by atoms with Crippen molar-refractivity contribution in [2.45, 2.75) is 20.0 Å². The zero-order chi connectivity index (χ0) is 7.56. The third-order valence-corrected chi connectivity index (χ3v) is 2.78. The Bertz CT molecular complexity index is 219. The predicted octanol–water partition coefficient (Wildman–Crippen LogP) is 3.43. The summed E-state index contributed by atoms with van der Waals surface area (Å²) in [5.74, 6) is 0. The molecule has 56 valence electrons. The largest absolute Gasteiger partial charge is 0.246 e. The van der Waals surface area contributed by atoms with E-state index in [0.29, 0.717) is 0 Å². The van der Waals surface area contributed by atoms with Crippen molar-refractivity contribution in [3.63, 3.8) is 0 Å². The number of alkyl halides is 1. The Morgan fingerprint density at radius 3 is 2.80 bits per heavy atom. The van der Waals surface area contributed by atoms with E-state index in [1.54, 1.807) is 5.38 Å². The maximum absolute atomic E-state index is 12.1. The van der Waals surface area contributed by atoms with E-state index in [4.69, 9.17) is 11.6 Å².